The van der Waals surface area contributed by atoms with Gasteiger partial charge in [-0.25, -0.2) is 4.79 Å². The van der Waals surface area contributed by atoms with Gasteiger partial charge in [0, 0.05) is 22.7 Å². The Hall–Kier alpha value is -2.33. The van der Waals surface area contributed by atoms with E-state index >= 15 is 0 Å². The number of fused-ring (bicyclic) bond motifs is 1. The second-order valence-electron chi connectivity index (χ2n) is 6.20. The van der Waals surface area contributed by atoms with Gasteiger partial charge in [0.1, 0.15) is 12.3 Å². The Kier molecular flexibility index (Phi) is 5.09. The monoisotopic (exact) mass is 357 g/mol. The molecular weight excluding hydrogens is 338 g/mol. The molecule has 0 fully saturated rings. The van der Waals surface area contributed by atoms with Gasteiger partial charge in [0.15, 0.2) is 5.78 Å². The lowest BCUT2D eigenvalue weighted by atomic mass is 9.81. The summed E-state index contributed by atoms with van der Waals surface area (Å²) in [7, 11) is 0. The zero-order chi connectivity index (χ0) is 18.0. The normalized spacial score (nSPS) is 16.9. The molecule has 0 aliphatic heterocycles. The summed E-state index contributed by atoms with van der Waals surface area (Å²) in [5.74, 6) is -0.391. The summed E-state index contributed by atoms with van der Waals surface area (Å²) in [5, 5.41) is 0.665. The molecule has 5 heteroatoms. The maximum Gasteiger partial charge on any atom is 0.355 e. The molecule has 1 heterocycles. The molecule has 4 nitrogen and oxygen atoms in total. The van der Waals surface area contributed by atoms with Gasteiger partial charge in [-0.2, -0.15) is 0 Å². The average molecular weight is 358 g/mol. The number of benzene rings is 1. The van der Waals surface area contributed by atoms with Crippen LogP contribution >= 0.6 is 11.6 Å². The van der Waals surface area contributed by atoms with E-state index in [9.17, 15) is 9.59 Å². The van der Waals surface area contributed by atoms with Crippen molar-refractivity contribution in [2.24, 2.45) is 0 Å². The number of nitrogens with one attached hydrogen (secondary N) is 1. The summed E-state index contributed by atoms with van der Waals surface area (Å²) in [6.45, 7) is 3.86. The van der Waals surface area contributed by atoms with Gasteiger partial charge in [0.25, 0.3) is 0 Å². The van der Waals surface area contributed by atoms with Crippen LogP contribution in [0.3, 0.4) is 0 Å². The van der Waals surface area contributed by atoms with Crippen LogP contribution < -0.4 is 0 Å². The Morgan fingerprint density at radius 1 is 1.36 bits per heavy atom. The Morgan fingerprint density at radius 2 is 2.12 bits per heavy atom. The SMILES string of the molecule is C/C=C/COC(=O)c1[nH]c2c(c1C)C(=O)CC(c1ccccc1Cl)C2. The van der Waals surface area contributed by atoms with Crippen molar-refractivity contribution in [1.82, 2.24) is 4.98 Å². The number of ketones is 1. The van der Waals surface area contributed by atoms with E-state index in [2.05, 4.69) is 4.98 Å². The number of carbonyl (C=O) groups excluding carboxylic acids is 2. The molecule has 1 unspecified atom stereocenters. The molecule has 0 saturated carbocycles. The molecule has 130 valence electrons. The number of aromatic nitrogens is 1. The van der Waals surface area contributed by atoms with E-state index < -0.39 is 5.97 Å². The van der Waals surface area contributed by atoms with Gasteiger partial charge in [0.2, 0.25) is 0 Å². The van der Waals surface area contributed by atoms with Crippen LogP contribution in [0.4, 0.5) is 0 Å². The average Bonchev–Trinajstić information content (AvgIpc) is 2.92. The topological polar surface area (TPSA) is 59.2 Å². The fourth-order valence-electron chi connectivity index (χ4n) is 3.36. The van der Waals surface area contributed by atoms with E-state index in [0.717, 1.165) is 11.3 Å². The highest BCUT2D eigenvalue weighted by Crippen LogP contribution is 2.37. The first-order chi connectivity index (χ1) is 12.0. The van der Waals surface area contributed by atoms with Gasteiger partial charge in [-0.15, -0.1) is 0 Å². The molecule has 25 heavy (non-hydrogen) atoms. The number of Topliss-reactive ketones (excluding diaryl/α,β-unsaturated/α-hetero) is 1. The van der Waals surface area contributed by atoms with Gasteiger partial charge in [-0.1, -0.05) is 42.0 Å². The van der Waals surface area contributed by atoms with Crippen LogP contribution in [0, 0.1) is 6.92 Å². The highest BCUT2D eigenvalue weighted by atomic mass is 35.5. The summed E-state index contributed by atoms with van der Waals surface area (Å²) in [6.07, 6.45) is 4.61. The van der Waals surface area contributed by atoms with Crippen molar-refractivity contribution in [3.8, 4) is 0 Å². The van der Waals surface area contributed by atoms with E-state index in [1.807, 2.05) is 37.3 Å². The molecule has 1 aromatic heterocycles. The number of aromatic amines is 1. The first kappa shape index (κ1) is 17.5. The molecule has 0 amide bonds. The number of hydrogen-bond acceptors (Lipinski definition) is 3. The van der Waals surface area contributed by atoms with Gasteiger partial charge in [-0.3, -0.25) is 4.79 Å². The molecular formula is C20H20ClNO3. The van der Waals surface area contributed by atoms with Crippen molar-refractivity contribution in [3.63, 3.8) is 0 Å². The summed E-state index contributed by atoms with van der Waals surface area (Å²) in [5.41, 5.74) is 3.41. The minimum Gasteiger partial charge on any atom is -0.457 e. The molecule has 0 saturated heterocycles. The zero-order valence-electron chi connectivity index (χ0n) is 14.3. The molecule has 1 aromatic carbocycles. The van der Waals surface area contributed by atoms with E-state index in [1.54, 1.807) is 13.0 Å². The summed E-state index contributed by atoms with van der Waals surface area (Å²) in [4.78, 5) is 28.0. The van der Waals surface area contributed by atoms with Crippen LogP contribution in [0.25, 0.3) is 0 Å². The Bertz CT molecular complexity index is 851. The number of ether oxygens (including phenoxy) is 1. The Morgan fingerprint density at radius 3 is 2.84 bits per heavy atom. The molecule has 1 atom stereocenters. The van der Waals surface area contributed by atoms with E-state index in [4.69, 9.17) is 16.3 Å². The number of esters is 1. The van der Waals surface area contributed by atoms with Crippen molar-refractivity contribution in [2.75, 3.05) is 6.61 Å². The third kappa shape index (κ3) is 3.40. The molecule has 2 aromatic rings. The van der Waals surface area contributed by atoms with Crippen molar-refractivity contribution < 1.29 is 14.3 Å². The van der Waals surface area contributed by atoms with Crippen molar-refractivity contribution in [1.29, 1.82) is 0 Å². The predicted octanol–water partition coefficient (Wildman–Crippen LogP) is 4.62. The van der Waals surface area contributed by atoms with Crippen LogP contribution in [-0.2, 0) is 11.2 Å². The van der Waals surface area contributed by atoms with Crippen LogP contribution in [0.1, 0.15) is 56.9 Å². The van der Waals surface area contributed by atoms with E-state index in [1.165, 1.54) is 0 Å². The fourth-order valence-corrected chi connectivity index (χ4v) is 3.65. The third-order valence-electron chi connectivity index (χ3n) is 4.58. The maximum absolute atomic E-state index is 12.7. The van der Waals surface area contributed by atoms with Crippen LogP contribution in [-0.4, -0.2) is 23.3 Å². The minimum absolute atomic E-state index is 0.0126. The zero-order valence-corrected chi connectivity index (χ0v) is 15.0. The van der Waals surface area contributed by atoms with Gasteiger partial charge < -0.3 is 9.72 Å². The largest absolute Gasteiger partial charge is 0.457 e. The Balaban J connectivity index is 1.89. The molecule has 1 aliphatic carbocycles. The first-order valence-electron chi connectivity index (χ1n) is 8.30. The van der Waals surface area contributed by atoms with Gasteiger partial charge in [-0.05, 0) is 43.4 Å². The first-order valence-corrected chi connectivity index (χ1v) is 8.68. The summed E-state index contributed by atoms with van der Waals surface area (Å²) >= 11 is 6.29. The standard InChI is InChI=1S/C20H20ClNO3/c1-3-4-9-25-20(24)19-12(2)18-16(22-19)10-13(11-17(18)23)14-7-5-6-8-15(14)21/h3-8,13,22H,9-11H2,1-2H3/b4-3+. The number of allylic oxidation sites excluding steroid dienone is 1. The number of hydrogen-bond donors (Lipinski definition) is 1. The summed E-state index contributed by atoms with van der Waals surface area (Å²) in [6, 6.07) is 7.58. The lowest BCUT2D eigenvalue weighted by Gasteiger charge is -2.22. The highest BCUT2D eigenvalue weighted by molar-refractivity contribution is 6.31. The maximum atomic E-state index is 12.7. The van der Waals surface area contributed by atoms with Gasteiger partial charge in [0.05, 0.1) is 0 Å². The smallest absolute Gasteiger partial charge is 0.355 e. The van der Waals surface area contributed by atoms with Crippen LogP contribution in [0.15, 0.2) is 36.4 Å². The van der Waals surface area contributed by atoms with Crippen LogP contribution in [0.2, 0.25) is 5.02 Å². The molecule has 1 aliphatic rings. The summed E-state index contributed by atoms with van der Waals surface area (Å²) < 4.78 is 5.20. The second-order valence-corrected chi connectivity index (χ2v) is 6.60. The predicted molar refractivity (Wildman–Crippen MR) is 97.5 cm³/mol. The molecule has 1 N–H and O–H groups in total. The van der Waals surface area contributed by atoms with Gasteiger partial charge >= 0.3 is 5.97 Å². The number of halogens is 1. The fraction of sp³-hybridized carbons (Fsp3) is 0.300. The van der Waals surface area contributed by atoms with E-state index in [-0.39, 0.29) is 18.3 Å². The molecule has 0 bridgehead atoms. The molecule has 0 spiro atoms. The minimum atomic E-state index is -0.438. The third-order valence-corrected chi connectivity index (χ3v) is 4.93. The number of rotatable bonds is 4. The Labute approximate surface area is 151 Å². The van der Waals surface area contributed by atoms with E-state index in [0.29, 0.717) is 34.7 Å². The second kappa shape index (κ2) is 7.28. The van der Waals surface area contributed by atoms with Crippen molar-refractivity contribution in [3.05, 3.63) is 69.5 Å². The van der Waals surface area contributed by atoms with Crippen LogP contribution in [0.5, 0.6) is 0 Å². The molecule has 3 rings (SSSR count). The highest BCUT2D eigenvalue weighted by Gasteiger charge is 2.32. The number of carbonyl (C=O) groups is 2. The van der Waals surface area contributed by atoms with Crippen molar-refractivity contribution >= 4 is 23.4 Å². The quantitative estimate of drug-likeness (QED) is 0.641. The molecule has 0 radical (unpaired) electrons. The lowest BCUT2D eigenvalue weighted by Crippen LogP contribution is -2.18. The number of H-pyrrole nitrogens is 1. The van der Waals surface area contributed by atoms with Crippen molar-refractivity contribution in [2.45, 2.75) is 32.6 Å². The lowest BCUT2D eigenvalue weighted by molar-refractivity contribution is 0.0542.